The Labute approximate surface area is 196 Å². The van der Waals surface area contributed by atoms with Gasteiger partial charge in [-0.25, -0.2) is 0 Å². The Morgan fingerprint density at radius 2 is 1.75 bits per heavy atom. The third-order valence-electron chi connectivity index (χ3n) is 6.31. The van der Waals surface area contributed by atoms with Gasteiger partial charge in [0, 0.05) is 38.3 Å². The van der Waals surface area contributed by atoms with Crippen molar-refractivity contribution in [2.45, 2.75) is 58.0 Å². The molecular formula is C24H34N6OS. The second kappa shape index (κ2) is 10.8. The largest absolute Gasteiger partial charge is 0.497 e. The average molecular weight is 455 g/mol. The Hall–Kier alpha value is -2.61. The number of ether oxygens (including phenoxy) is 1. The molecular weight excluding hydrogens is 420 g/mol. The molecule has 8 heteroatoms. The van der Waals surface area contributed by atoms with Crippen LogP contribution in [0.1, 0.15) is 51.0 Å². The summed E-state index contributed by atoms with van der Waals surface area (Å²) in [7, 11) is 1.67. The number of rotatable bonds is 6. The van der Waals surface area contributed by atoms with Crippen LogP contribution in [0.5, 0.6) is 5.75 Å². The number of benzene rings is 1. The van der Waals surface area contributed by atoms with Crippen molar-refractivity contribution in [3.63, 3.8) is 0 Å². The standard InChI is InChI=1S/C24H34N6OS/c1-18-8-4-7-15-30(18)22-16-21(29-13-5-3-6-14-29)26-23(27-22)28-24(32)25-17-19-9-11-20(31-2)12-10-19/h9-12,16,18H,3-8,13-15,17H2,1-2H3,(H2,25,26,27,28,32)/t18-/m0/s1. The van der Waals surface area contributed by atoms with Gasteiger partial charge in [0.1, 0.15) is 17.4 Å². The summed E-state index contributed by atoms with van der Waals surface area (Å²) in [6.07, 6.45) is 7.41. The summed E-state index contributed by atoms with van der Waals surface area (Å²) in [4.78, 5) is 14.5. The molecule has 2 aliphatic heterocycles. The zero-order chi connectivity index (χ0) is 22.3. The first-order chi connectivity index (χ1) is 15.6. The molecule has 1 aromatic carbocycles. The average Bonchev–Trinajstić information content (AvgIpc) is 2.83. The van der Waals surface area contributed by atoms with E-state index in [0.29, 0.717) is 23.6 Å². The third-order valence-corrected chi connectivity index (χ3v) is 6.56. The first-order valence-corrected chi connectivity index (χ1v) is 12.1. The van der Waals surface area contributed by atoms with Gasteiger partial charge >= 0.3 is 0 Å². The van der Waals surface area contributed by atoms with E-state index in [1.54, 1.807) is 7.11 Å². The quantitative estimate of drug-likeness (QED) is 0.625. The van der Waals surface area contributed by atoms with E-state index in [1.165, 1.54) is 38.5 Å². The number of aromatic nitrogens is 2. The molecule has 1 aromatic heterocycles. The highest BCUT2D eigenvalue weighted by Gasteiger charge is 2.23. The Kier molecular flexibility index (Phi) is 7.63. The highest BCUT2D eigenvalue weighted by Crippen LogP contribution is 2.28. The normalized spacial score (nSPS) is 18.9. The van der Waals surface area contributed by atoms with Gasteiger partial charge in [-0.3, -0.25) is 0 Å². The predicted molar refractivity (Wildman–Crippen MR) is 135 cm³/mol. The molecule has 1 atom stereocenters. The first-order valence-electron chi connectivity index (χ1n) is 11.7. The van der Waals surface area contributed by atoms with Gasteiger partial charge < -0.3 is 25.2 Å². The number of nitrogens with one attached hydrogen (secondary N) is 2. The van der Waals surface area contributed by atoms with E-state index in [-0.39, 0.29) is 0 Å². The van der Waals surface area contributed by atoms with Gasteiger partial charge in [-0.1, -0.05) is 12.1 Å². The number of hydrogen-bond donors (Lipinski definition) is 2. The van der Waals surface area contributed by atoms with Crippen LogP contribution in [0.3, 0.4) is 0 Å². The molecule has 0 aliphatic carbocycles. The second-order valence-corrected chi connectivity index (χ2v) is 9.06. The van der Waals surface area contributed by atoms with E-state index in [1.807, 2.05) is 24.3 Å². The highest BCUT2D eigenvalue weighted by molar-refractivity contribution is 7.80. The lowest BCUT2D eigenvalue weighted by Gasteiger charge is -2.35. The predicted octanol–water partition coefficient (Wildman–Crippen LogP) is 4.34. The highest BCUT2D eigenvalue weighted by atomic mass is 32.1. The Morgan fingerprint density at radius 3 is 2.47 bits per heavy atom. The lowest BCUT2D eigenvalue weighted by Crippen LogP contribution is -2.39. The van der Waals surface area contributed by atoms with Crippen molar-refractivity contribution >= 4 is 34.9 Å². The van der Waals surface area contributed by atoms with Crippen LogP contribution in [-0.4, -0.2) is 47.9 Å². The fraction of sp³-hybridized carbons (Fsp3) is 0.542. The van der Waals surface area contributed by atoms with Crippen molar-refractivity contribution in [2.24, 2.45) is 0 Å². The summed E-state index contributed by atoms with van der Waals surface area (Å²) in [6, 6.07) is 10.6. The number of anilines is 3. The van der Waals surface area contributed by atoms with E-state index in [2.05, 4.69) is 33.4 Å². The van der Waals surface area contributed by atoms with Crippen LogP contribution in [-0.2, 0) is 6.54 Å². The summed E-state index contributed by atoms with van der Waals surface area (Å²) < 4.78 is 5.22. The van der Waals surface area contributed by atoms with Crippen LogP contribution in [0.15, 0.2) is 30.3 Å². The smallest absolute Gasteiger partial charge is 0.232 e. The van der Waals surface area contributed by atoms with Gasteiger partial charge in [-0.05, 0) is 75.4 Å². The van der Waals surface area contributed by atoms with Gasteiger partial charge in [-0.2, -0.15) is 9.97 Å². The molecule has 32 heavy (non-hydrogen) atoms. The van der Waals surface area contributed by atoms with Crippen LogP contribution in [0.4, 0.5) is 17.6 Å². The van der Waals surface area contributed by atoms with E-state index < -0.39 is 0 Å². The molecule has 7 nitrogen and oxygen atoms in total. The fourth-order valence-corrected chi connectivity index (χ4v) is 4.58. The van der Waals surface area contributed by atoms with E-state index in [4.69, 9.17) is 26.9 Å². The van der Waals surface area contributed by atoms with Gasteiger partial charge in [0.2, 0.25) is 5.95 Å². The van der Waals surface area contributed by atoms with Crippen LogP contribution in [0.25, 0.3) is 0 Å². The summed E-state index contributed by atoms with van der Waals surface area (Å²) >= 11 is 5.55. The van der Waals surface area contributed by atoms with Crippen molar-refractivity contribution in [1.82, 2.24) is 15.3 Å². The second-order valence-electron chi connectivity index (χ2n) is 8.65. The lowest BCUT2D eigenvalue weighted by atomic mass is 10.0. The summed E-state index contributed by atoms with van der Waals surface area (Å²) in [5.41, 5.74) is 1.13. The number of methoxy groups -OCH3 is 1. The minimum Gasteiger partial charge on any atom is -0.497 e. The van der Waals surface area contributed by atoms with Crippen molar-refractivity contribution in [1.29, 1.82) is 0 Å². The zero-order valence-electron chi connectivity index (χ0n) is 19.1. The molecule has 2 fully saturated rings. The summed E-state index contributed by atoms with van der Waals surface area (Å²) in [5.74, 6) is 3.39. The summed E-state index contributed by atoms with van der Waals surface area (Å²) in [6.45, 7) is 6.04. The number of thiocarbonyl (C=S) groups is 1. The van der Waals surface area contributed by atoms with Crippen molar-refractivity contribution in [3.8, 4) is 5.75 Å². The topological polar surface area (TPSA) is 65.6 Å². The third kappa shape index (κ3) is 5.79. The fourth-order valence-electron chi connectivity index (χ4n) is 4.42. The Balaban J connectivity index is 1.48. The van der Waals surface area contributed by atoms with Gasteiger partial charge in [0.15, 0.2) is 5.11 Å². The molecule has 0 unspecified atom stereocenters. The number of nitrogens with zero attached hydrogens (tertiary/aromatic N) is 4. The summed E-state index contributed by atoms with van der Waals surface area (Å²) in [5, 5.41) is 7.02. The van der Waals surface area contributed by atoms with Gasteiger partial charge in [-0.15, -0.1) is 0 Å². The Bertz CT molecular complexity index is 900. The molecule has 0 amide bonds. The van der Waals surface area contributed by atoms with Gasteiger partial charge in [0.25, 0.3) is 0 Å². The van der Waals surface area contributed by atoms with Gasteiger partial charge in [0.05, 0.1) is 7.11 Å². The molecule has 4 rings (SSSR count). The molecule has 2 N–H and O–H groups in total. The maximum absolute atomic E-state index is 5.55. The molecule has 2 aliphatic rings. The number of piperidine rings is 2. The van der Waals surface area contributed by atoms with Crippen LogP contribution in [0, 0.1) is 0 Å². The first kappa shape index (κ1) is 22.6. The van der Waals surface area contributed by atoms with Crippen molar-refractivity contribution < 1.29 is 4.74 Å². The molecule has 0 bridgehead atoms. The molecule has 172 valence electrons. The molecule has 2 saturated heterocycles. The maximum atomic E-state index is 5.55. The van der Waals surface area contributed by atoms with Crippen LogP contribution >= 0.6 is 12.2 Å². The SMILES string of the molecule is COc1ccc(CNC(=S)Nc2nc(N3CCCCC3)cc(N3CCCC[C@@H]3C)n2)cc1. The molecule has 0 radical (unpaired) electrons. The Morgan fingerprint density at radius 1 is 1.03 bits per heavy atom. The maximum Gasteiger partial charge on any atom is 0.232 e. The molecule has 3 heterocycles. The van der Waals surface area contributed by atoms with Crippen LogP contribution < -0.4 is 25.2 Å². The minimum atomic E-state index is 0.487. The number of hydrogen-bond acceptors (Lipinski definition) is 6. The molecule has 2 aromatic rings. The molecule has 0 spiro atoms. The van der Waals surface area contributed by atoms with Crippen molar-refractivity contribution in [2.75, 3.05) is 41.9 Å². The van der Waals surface area contributed by atoms with Crippen LogP contribution in [0.2, 0.25) is 0 Å². The lowest BCUT2D eigenvalue weighted by molar-refractivity contribution is 0.414. The van der Waals surface area contributed by atoms with E-state index in [9.17, 15) is 0 Å². The monoisotopic (exact) mass is 454 g/mol. The minimum absolute atomic E-state index is 0.487. The zero-order valence-corrected chi connectivity index (χ0v) is 20.0. The van der Waals surface area contributed by atoms with Crippen molar-refractivity contribution in [3.05, 3.63) is 35.9 Å². The van der Waals surface area contributed by atoms with E-state index >= 15 is 0 Å². The van der Waals surface area contributed by atoms with E-state index in [0.717, 1.165) is 42.6 Å². The molecule has 0 saturated carbocycles.